The van der Waals surface area contributed by atoms with Gasteiger partial charge in [0.1, 0.15) is 23.8 Å². The van der Waals surface area contributed by atoms with Crippen LogP contribution in [0.1, 0.15) is 0 Å². The van der Waals surface area contributed by atoms with E-state index in [0.717, 1.165) is 12.1 Å². The van der Waals surface area contributed by atoms with E-state index in [2.05, 4.69) is 0 Å². The normalized spacial score (nSPS) is 11.2. The molecule has 0 fully saturated rings. The summed E-state index contributed by atoms with van der Waals surface area (Å²) >= 11 is 5.58. The summed E-state index contributed by atoms with van der Waals surface area (Å²) in [6.07, 6.45) is -4.72. The van der Waals surface area contributed by atoms with Crippen LogP contribution >= 0.6 is 11.6 Å². The minimum absolute atomic E-state index is 0.340. The van der Waals surface area contributed by atoms with Crippen LogP contribution in [0.15, 0.2) is 18.2 Å². The van der Waals surface area contributed by atoms with Crippen LogP contribution in [0.4, 0.5) is 24.5 Å². The number of aliphatic carboxylic acids is 1. The molecule has 0 heterocycles. The molecule has 0 atom stereocenters. The summed E-state index contributed by atoms with van der Waals surface area (Å²) in [5.41, 5.74) is -1.26. The topological polar surface area (TPSA) is 83.7 Å². The van der Waals surface area contributed by atoms with Crippen molar-refractivity contribution in [3.63, 3.8) is 0 Å². The molecule has 1 aromatic rings. The second-order valence-electron chi connectivity index (χ2n) is 3.73. The van der Waals surface area contributed by atoms with Crippen molar-refractivity contribution in [3.8, 4) is 0 Å². The highest BCUT2D eigenvalue weighted by molar-refractivity contribution is 6.33. The molecule has 0 aromatic heterocycles. The van der Waals surface area contributed by atoms with Crippen LogP contribution < -0.4 is 4.90 Å². The summed E-state index contributed by atoms with van der Waals surface area (Å²) in [6, 6.07) is 3.35. The van der Waals surface area contributed by atoms with E-state index < -0.39 is 41.5 Å². The van der Waals surface area contributed by atoms with Crippen LogP contribution in [0, 0.1) is 10.1 Å². The lowest BCUT2D eigenvalue weighted by Gasteiger charge is -2.23. The molecule has 0 aliphatic rings. The smallest absolute Gasteiger partial charge is 0.405 e. The predicted octanol–water partition coefficient (Wildman–Crippen LogP) is 2.70. The second kappa shape index (κ2) is 5.95. The molecule has 20 heavy (non-hydrogen) atoms. The summed E-state index contributed by atoms with van der Waals surface area (Å²) in [5, 5.41) is 19.1. The Morgan fingerprint density at radius 1 is 1.45 bits per heavy atom. The Bertz CT molecular complexity index is 536. The molecule has 1 aromatic carbocycles. The Morgan fingerprint density at radius 3 is 2.50 bits per heavy atom. The van der Waals surface area contributed by atoms with E-state index in [4.69, 9.17) is 16.7 Å². The van der Waals surface area contributed by atoms with Crippen LogP contribution in [0.3, 0.4) is 0 Å². The van der Waals surface area contributed by atoms with Crippen molar-refractivity contribution in [2.45, 2.75) is 6.18 Å². The number of nitro benzene ring substituents is 1. The van der Waals surface area contributed by atoms with E-state index in [1.54, 1.807) is 0 Å². The highest BCUT2D eigenvalue weighted by Gasteiger charge is 2.34. The fourth-order valence-electron chi connectivity index (χ4n) is 1.55. The number of carboxylic acids is 1. The van der Waals surface area contributed by atoms with Gasteiger partial charge in [-0.2, -0.15) is 13.2 Å². The van der Waals surface area contributed by atoms with E-state index in [9.17, 15) is 28.1 Å². The van der Waals surface area contributed by atoms with Gasteiger partial charge in [-0.05, 0) is 12.1 Å². The number of nitrogens with zero attached hydrogens (tertiary/aromatic N) is 2. The molecule has 110 valence electrons. The Morgan fingerprint density at radius 2 is 2.05 bits per heavy atom. The molecule has 0 spiro atoms. The number of benzene rings is 1. The second-order valence-corrected chi connectivity index (χ2v) is 4.14. The number of para-hydroxylation sites is 1. The number of nitro groups is 1. The average Bonchev–Trinajstić information content (AvgIpc) is 2.24. The lowest BCUT2D eigenvalue weighted by Crippen LogP contribution is -2.38. The standard InChI is InChI=1S/C10H8ClF3N2O4/c11-6-2-1-3-7(9(6)16(19)20)15(4-8(17)18)5-10(12,13)14/h1-3H,4-5H2,(H,17,18). The van der Waals surface area contributed by atoms with Gasteiger partial charge in [-0.1, -0.05) is 17.7 Å². The van der Waals surface area contributed by atoms with E-state index in [1.165, 1.54) is 6.07 Å². The third-order valence-corrected chi connectivity index (χ3v) is 2.49. The van der Waals surface area contributed by atoms with Gasteiger partial charge >= 0.3 is 17.8 Å². The van der Waals surface area contributed by atoms with Crippen molar-refractivity contribution in [2.75, 3.05) is 18.0 Å². The minimum Gasteiger partial charge on any atom is -0.480 e. The van der Waals surface area contributed by atoms with Gasteiger partial charge in [0.15, 0.2) is 0 Å². The van der Waals surface area contributed by atoms with E-state index in [-0.39, 0.29) is 5.02 Å². The number of halogens is 4. The zero-order valence-electron chi connectivity index (χ0n) is 9.72. The maximum Gasteiger partial charge on any atom is 0.405 e. The molecule has 0 saturated heterocycles. The van der Waals surface area contributed by atoms with Crippen molar-refractivity contribution >= 4 is 28.9 Å². The third-order valence-electron chi connectivity index (χ3n) is 2.19. The molecule has 1 rings (SSSR count). The summed E-state index contributed by atoms with van der Waals surface area (Å²) in [7, 11) is 0. The van der Waals surface area contributed by atoms with Crippen molar-refractivity contribution in [1.82, 2.24) is 0 Å². The molecule has 0 saturated carbocycles. The fourth-order valence-corrected chi connectivity index (χ4v) is 1.78. The van der Waals surface area contributed by atoms with Gasteiger partial charge in [-0.15, -0.1) is 0 Å². The molecule has 0 bridgehead atoms. The van der Waals surface area contributed by atoms with Crippen molar-refractivity contribution in [1.29, 1.82) is 0 Å². The predicted molar refractivity (Wildman–Crippen MR) is 64.0 cm³/mol. The minimum atomic E-state index is -4.72. The van der Waals surface area contributed by atoms with Gasteiger partial charge in [0.25, 0.3) is 0 Å². The SMILES string of the molecule is O=C(O)CN(CC(F)(F)F)c1cccc(Cl)c1[N+](=O)[O-]. The van der Waals surface area contributed by atoms with Crippen molar-refractivity contribution < 1.29 is 28.0 Å². The van der Waals surface area contributed by atoms with Crippen LogP contribution in [0.2, 0.25) is 5.02 Å². The molecular weight excluding hydrogens is 305 g/mol. The van der Waals surface area contributed by atoms with Gasteiger partial charge in [0.05, 0.1) is 4.92 Å². The largest absolute Gasteiger partial charge is 0.480 e. The number of hydrogen-bond acceptors (Lipinski definition) is 4. The molecule has 6 nitrogen and oxygen atoms in total. The fraction of sp³-hybridized carbons (Fsp3) is 0.300. The highest BCUT2D eigenvalue weighted by Crippen LogP contribution is 2.36. The molecule has 0 aliphatic carbocycles. The Balaban J connectivity index is 3.30. The number of carboxylic acid groups (broad SMARTS) is 1. The van der Waals surface area contributed by atoms with Gasteiger partial charge < -0.3 is 10.0 Å². The maximum absolute atomic E-state index is 12.4. The summed E-state index contributed by atoms with van der Waals surface area (Å²) < 4.78 is 37.3. The monoisotopic (exact) mass is 312 g/mol. The number of rotatable bonds is 5. The number of anilines is 1. The van der Waals surface area contributed by atoms with Crippen LogP contribution in [-0.4, -0.2) is 35.3 Å². The van der Waals surface area contributed by atoms with Crippen LogP contribution in [0.5, 0.6) is 0 Å². The molecule has 0 aliphatic heterocycles. The van der Waals surface area contributed by atoms with E-state index >= 15 is 0 Å². The average molecular weight is 313 g/mol. The Hall–Kier alpha value is -2.03. The quantitative estimate of drug-likeness (QED) is 0.667. The summed E-state index contributed by atoms with van der Waals surface area (Å²) in [5.74, 6) is -1.55. The van der Waals surface area contributed by atoms with E-state index in [1.807, 2.05) is 0 Å². The van der Waals surface area contributed by atoms with Crippen LogP contribution in [0.25, 0.3) is 0 Å². The van der Waals surface area contributed by atoms with E-state index in [0.29, 0.717) is 4.90 Å². The number of hydrogen-bond donors (Lipinski definition) is 1. The first-order valence-corrected chi connectivity index (χ1v) is 5.46. The van der Waals surface area contributed by atoms with Crippen molar-refractivity contribution in [3.05, 3.63) is 33.3 Å². The highest BCUT2D eigenvalue weighted by atomic mass is 35.5. The van der Waals surface area contributed by atoms with Gasteiger partial charge in [0.2, 0.25) is 0 Å². The first-order valence-electron chi connectivity index (χ1n) is 5.08. The number of alkyl halides is 3. The lowest BCUT2D eigenvalue weighted by atomic mass is 10.2. The molecule has 1 N–H and O–H groups in total. The van der Waals surface area contributed by atoms with Gasteiger partial charge in [-0.3, -0.25) is 14.9 Å². The zero-order chi connectivity index (χ0) is 15.5. The summed E-state index contributed by atoms with van der Waals surface area (Å²) in [6.45, 7) is -2.68. The molecule has 0 amide bonds. The zero-order valence-corrected chi connectivity index (χ0v) is 10.5. The Kier molecular flexibility index (Phi) is 4.77. The molecule has 10 heteroatoms. The third kappa shape index (κ3) is 4.26. The maximum atomic E-state index is 12.4. The van der Waals surface area contributed by atoms with Gasteiger partial charge in [-0.25, -0.2) is 0 Å². The van der Waals surface area contributed by atoms with Crippen molar-refractivity contribution in [2.24, 2.45) is 0 Å². The summed E-state index contributed by atoms with van der Waals surface area (Å²) in [4.78, 5) is 20.9. The number of carbonyl (C=O) groups is 1. The lowest BCUT2D eigenvalue weighted by molar-refractivity contribution is -0.384. The molecule has 0 unspecified atom stereocenters. The first kappa shape index (κ1) is 16.0. The first-order chi connectivity index (χ1) is 9.11. The van der Waals surface area contributed by atoms with Crippen LogP contribution in [-0.2, 0) is 4.79 Å². The van der Waals surface area contributed by atoms with Gasteiger partial charge in [0, 0.05) is 0 Å². The Labute approximate surface area is 115 Å². The molecule has 0 radical (unpaired) electrons. The molecular formula is C10H8ClF3N2O4.